The smallest absolute Gasteiger partial charge is 0.198 e. The molecule has 0 unspecified atom stereocenters. The number of guanidine groups is 2. The maximum absolute atomic E-state index is 5.02. The van der Waals surface area contributed by atoms with Gasteiger partial charge in [0.1, 0.15) is 6.17 Å². The van der Waals surface area contributed by atoms with Crippen LogP contribution in [0.5, 0.6) is 0 Å². The van der Waals surface area contributed by atoms with Gasteiger partial charge in [-0.05, 0) is 38.5 Å². The lowest BCUT2D eigenvalue weighted by atomic mass is 10.0. The maximum Gasteiger partial charge on any atom is 0.198 e. The van der Waals surface area contributed by atoms with Crippen molar-refractivity contribution in [2.75, 3.05) is 52.4 Å². The molecule has 0 bridgehead atoms. The fourth-order valence-corrected chi connectivity index (χ4v) is 5.64. The van der Waals surface area contributed by atoms with Crippen LogP contribution in [0.25, 0.3) is 0 Å². The van der Waals surface area contributed by atoms with Gasteiger partial charge in [0.05, 0.1) is 0 Å². The number of unbranched alkanes of at least 4 members (excludes halogenated alkanes) is 6. The maximum atomic E-state index is 5.02. The van der Waals surface area contributed by atoms with Gasteiger partial charge < -0.3 is 19.6 Å². The molecule has 6 heteroatoms. The van der Waals surface area contributed by atoms with Gasteiger partial charge in [0.25, 0.3) is 0 Å². The minimum Gasteiger partial charge on any atom is -0.343 e. The van der Waals surface area contributed by atoms with E-state index in [4.69, 9.17) is 9.98 Å². The Bertz CT molecular complexity index is 546. The minimum atomic E-state index is 0.431. The number of hydrogen-bond acceptors (Lipinski definition) is 6. The monoisotopic (exact) mass is 416 g/mol. The van der Waals surface area contributed by atoms with Gasteiger partial charge in [0, 0.05) is 52.4 Å². The number of rotatable bonds is 10. The van der Waals surface area contributed by atoms with Gasteiger partial charge >= 0.3 is 0 Å². The number of aliphatic imine (C=N–C) groups is 2. The molecule has 4 aliphatic heterocycles. The zero-order valence-corrected chi connectivity index (χ0v) is 19.4. The third-order valence-electron chi connectivity index (χ3n) is 7.20. The molecule has 0 saturated carbocycles. The third kappa shape index (κ3) is 5.23. The van der Waals surface area contributed by atoms with E-state index in [-0.39, 0.29) is 0 Å². The molecular formula is C24H44N6. The van der Waals surface area contributed by atoms with Crippen LogP contribution in [-0.2, 0) is 0 Å². The van der Waals surface area contributed by atoms with Gasteiger partial charge in [-0.1, -0.05) is 45.4 Å². The van der Waals surface area contributed by atoms with Crippen LogP contribution in [0.15, 0.2) is 9.98 Å². The molecule has 0 spiro atoms. The predicted octanol–water partition coefficient (Wildman–Crippen LogP) is 3.99. The van der Waals surface area contributed by atoms with Gasteiger partial charge in [-0.15, -0.1) is 0 Å². The molecule has 0 atom stereocenters. The van der Waals surface area contributed by atoms with Crippen LogP contribution >= 0.6 is 0 Å². The lowest BCUT2D eigenvalue weighted by molar-refractivity contribution is 0.0787. The van der Waals surface area contributed by atoms with E-state index in [1.165, 1.54) is 115 Å². The summed E-state index contributed by atoms with van der Waals surface area (Å²) < 4.78 is 0. The molecule has 4 heterocycles. The zero-order valence-electron chi connectivity index (χ0n) is 19.4. The quantitative estimate of drug-likeness (QED) is 0.505. The summed E-state index contributed by atoms with van der Waals surface area (Å²) in [4.78, 5) is 20.5. The van der Waals surface area contributed by atoms with Crippen molar-refractivity contribution in [2.45, 2.75) is 90.1 Å². The molecule has 6 nitrogen and oxygen atoms in total. The number of fused-ring (bicyclic) bond motifs is 2. The van der Waals surface area contributed by atoms with Crippen LogP contribution in [-0.4, -0.2) is 90.0 Å². The van der Waals surface area contributed by atoms with Gasteiger partial charge in [-0.25, -0.2) is 0 Å². The average Bonchev–Trinajstić information content (AvgIpc) is 2.80. The Labute approximate surface area is 184 Å². The summed E-state index contributed by atoms with van der Waals surface area (Å²) in [5, 5.41) is 0. The molecular weight excluding hydrogens is 372 g/mol. The molecule has 170 valence electrons. The first-order valence-electron chi connectivity index (χ1n) is 13.0. The Balaban J connectivity index is 1.45. The van der Waals surface area contributed by atoms with Crippen molar-refractivity contribution in [3.8, 4) is 0 Å². The van der Waals surface area contributed by atoms with E-state index >= 15 is 0 Å². The second-order valence-corrected chi connectivity index (χ2v) is 9.53. The highest BCUT2D eigenvalue weighted by atomic mass is 15.5. The van der Waals surface area contributed by atoms with Gasteiger partial charge in [0.2, 0.25) is 0 Å². The molecule has 0 N–H and O–H groups in total. The highest BCUT2D eigenvalue weighted by Gasteiger charge is 2.37. The molecule has 2 fully saturated rings. The highest BCUT2D eigenvalue weighted by Crippen LogP contribution is 2.26. The second kappa shape index (κ2) is 11.2. The number of nitrogens with zero attached hydrogens (tertiary/aromatic N) is 6. The third-order valence-corrected chi connectivity index (χ3v) is 7.20. The van der Waals surface area contributed by atoms with Crippen molar-refractivity contribution >= 4 is 11.9 Å². The summed E-state index contributed by atoms with van der Waals surface area (Å²) in [6.07, 6.45) is 16.3. The Morgan fingerprint density at radius 2 is 1.13 bits per heavy atom. The van der Waals surface area contributed by atoms with E-state index in [2.05, 4.69) is 26.5 Å². The van der Waals surface area contributed by atoms with Crippen molar-refractivity contribution in [1.82, 2.24) is 19.6 Å². The first kappa shape index (κ1) is 21.8. The van der Waals surface area contributed by atoms with Crippen LogP contribution in [0.4, 0.5) is 0 Å². The standard InChI is InChI=1S/C24H44N6/c1-2-3-4-5-6-7-8-13-22(29-20-11-18-27-16-9-14-25-23(27)29)30-21-12-19-28-17-10-15-26-24(28)30/h22H,2-21H2,1H3. The minimum absolute atomic E-state index is 0.431. The Kier molecular flexibility index (Phi) is 8.15. The van der Waals surface area contributed by atoms with Gasteiger partial charge in [-0.2, -0.15) is 0 Å². The largest absolute Gasteiger partial charge is 0.343 e. The fourth-order valence-electron chi connectivity index (χ4n) is 5.64. The van der Waals surface area contributed by atoms with E-state index in [0.29, 0.717) is 6.17 Å². The van der Waals surface area contributed by atoms with E-state index in [1.807, 2.05) is 0 Å². The molecule has 0 aromatic rings. The van der Waals surface area contributed by atoms with E-state index in [9.17, 15) is 0 Å². The topological polar surface area (TPSA) is 37.7 Å². The van der Waals surface area contributed by atoms with Gasteiger partial charge in [-0.3, -0.25) is 9.98 Å². The molecule has 4 rings (SSSR count). The molecule has 30 heavy (non-hydrogen) atoms. The lowest BCUT2D eigenvalue weighted by Crippen LogP contribution is -2.64. The first-order valence-corrected chi connectivity index (χ1v) is 13.0. The van der Waals surface area contributed by atoms with Crippen LogP contribution < -0.4 is 0 Å². The van der Waals surface area contributed by atoms with Gasteiger partial charge in [0.15, 0.2) is 11.9 Å². The lowest BCUT2D eigenvalue weighted by Gasteiger charge is -2.51. The average molecular weight is 417 g/mol. The summed E-state index contributed by atoms with van der Waals surface area (Å²) in [5.41, 5.74) is 0. The number of hydrogen-bond donors (Lipinski definition) is 0. The SMILES string of the molecule is CCCCCCCCCC(N1CCCN2CCCN=C21)N1CCCN2CCCN=C21. The van der Waals surface area contributed by atoms with E-state index in [0.717, 1.165) is 26.2 Å². The molecule has 0 radical (unpaired) electrons. The zero-order chi connectivity index (χ0) is 20.6. The normalized spacial score (nSPS) is 22.1. The summed E-state index contributed by atoms with van der Waals surface area (Å²) in [5.74, 6) is 2.57. The Morgan fingerprint density at radius 1 is 0.633 bits per heavy atom. The summed E-state index contributed by atoms with van der Waals surface area (Å²) in [6, 6.07) is 0. The Hall–Kier alpha value is -1.46. The highest BCUT2D eigenvalue weighted by molar-refractivity contribution is 5.84. The molecule has 0 aliphatic carbocycles. The second-order valence-electron chi connectivity index (χ2n) is 9.53. The van der Waals surface area contributed by atoms with Crippen LogP contribution in [0, 0.1) is 0 Å². The van der Waals surface area contributed by atoms with Crippen molar-refractivity contribution in [3.63, 3.8) is 0 Å². The molecule has 0 amide bonds. The van der Waals surface area contributed by atoms with E-state index < -0.39 is 0 Å². The molecule has 4 aliphatic rings. The van der Waals surface area contributed by atoms with Crippen LogP contribution in [0.3, 0.4) is 0 Å². The van der Waals surface area contributed by atoms with Crippen molar-refractivity contribution < 1.29 is 0 Å². The first-order chi connectivity index (χ1) is 14.9. The molecule has 0 aromatic carbocycles. The van der Waals surface area contributed by atoms with Crippen LogP contribution in [0.1, 0.15) is 84.0 Å². The summed E-state index contributed by atoms with van der Waals surface area (Å²) in [7, 11) is 0. The van der Waals surface area contributed by atoms with Crippen molar-refractivity contribution in [1.29, 1.82) is 0 Å². The van der Waals surface area contributed by atoms with E-state index in [1.54, 1.807) is 0 Å². The van der Waals surface area contributed by atoms with Crippen molar-refractivity contribution in [3.05, 3.63) is 0 Å². The molecule has 0 aromatic heterocycles. The summed E-state index contributed by atoms with van der Waals surface area (Å²) in [6.45, 7) is 11.4. The van der Waals surface area contributed by atoms with Crippen LogP contribution in [0.2, 0.25) is 0 Å². The summed E-state index contributed by atoms with van der Waals surface area (Å²) >= 11 is 0. The molecule has 2 saturated heterocycles. The van der Waals surface area contributed by atoms with Crippen molar-refractivity contribution in [2.24, 2.45) is 9.98 Å². The fraction of sp³-hybridized carbons (Fsp3) is 0.917. The predicted molar refractivity (Wildman–Crippen MR) is 126 cm³/mol. The Morgan fingerprint density at radius 3 is 1.70 bits per heavy atom.